The molecule has 0 aliphatic heterocycles. The largest absolute Gasteiger partial charge is 0.494 e. The predicted octanol–water partition coefficient (Wildman–Crippen LogP) is 8.73. The molecule has 0 saturated carbocycles. The number of benzene rings is 4. The summed E-state index contributed by atoms with van der Waals surface area (Å²) in [5.74, 6) is 1.74. The Bertz CT molecular complexity index is 5320. The molecule has 11 aromatic rings. The third-order valence-electron chi connectivity index (χ3n) is 14.7. The molecule has 11 rings (SSSR count). The van der Waals surface area contributed by atoms with Gasteiger partial charge in [0, 0.05) is 41.6 Å². The van der Waals surface area contributed by atoms with Crippen molar-refractivity contribution in [1.82, 2.24) is 74.1 Å². The highest BCUT2D eigenvalue weighted by Gasteiger charge is 2.31. The smallest absolute Gasteiger partial charge is 0.296 e. The van der Waals surface area contributed by atoms with Gasteiger partial charge in [0.25, 0.3) is 46.2 Å². The number of rotatable bonds is 27. The van der Waals surface area contributed by atoms with Crippen LogP contribution in [0.3, 0.4) is 0 Å². The first-order valence-electron chi connectivity index (χ1n) is 30.2. The average molecular weight is 1470 g/mol. The van der Waals surface area contributed by atoms with Crippen LogP contribution in [0.25, 0.3) is 27.5 Å². The summed E-state index contributed by atoms with van der Waals surface area (Å²) in [5.41, 5.74) is 0.459. The molecule has 0 unspecified atom stereocenters. The number of nitrogens with one attached hydrogen (secondary N) is 5. The summed E-state index contributed by atoms with van der Waals surface area (Å²) in [6.45, 7) is 19.5. The van der Waals surface area contributed by atoms with E-state index in [1.165, 1.54) is 9.26 Å². The second-order valence-corrected chi connectivity index (χ2v) is 29.8. The quantitative estimate of drug-likeness (QED) is 0.00995. The fourth-order valence-corrected chi connectivity index (χ4v) is 12.2. The van der Waals surface area contributed by atoms with Gasteiger partial charge >= 0.3 is 0 Å². The molecule has 530 valence electrons. The molecule has 7 aromatic heterocycles. The lowest BCUT2D eigenvalue weighted by atomic mass is 9.91. The first-order valence-corrected chi connectivity index (χ1v) is 36.0. The van der Waals surface area contributed by atoms with Gasteiger partial charge in [0.2, 0.25) is 29.1 Å². The molecular weight excluding hydrogens is 1410 g/mol. The van der Waals surface area contributed by atoms with E-state index in [1.807, 2.05) is 47.6 Å². The van der Waals surface area contributed by atoms with Crippen LogP contribution < -0.4 is 25.4 Å². The zero-order chi connectivity index (χ0) is 73.3. The van der Waals surface area contributed by atoms with E-state index in [2.05, 4.69) is 86.8 Å². The number of H-pyrrole nitrogens is 2. The molecule has 102 heavy (non-hydrogen) atoms. The molecule has 0 aliphatic carbocycles. The number of azo groups is 2. The van der Waals surface area contributed by atoms with Crippen LogP contribution in [-0.4, -0.2) is 157 Å². The number of aliphatic hydroxyl groups excluding tert-OH is 1. The Kier molecular flexibility index (Phi) is 19.8. The predicted molar refractivity (Wildman–Crippen MR) is 360 cm³/mol. The molecule has 0 spiro atoms. The Labute approximate surface area is 579 Å². The number of anilines is 5. The maximum absolute atomic E-state index is 12.4. The van der Waals surface area contributed by atoms with Crippen LogP contribution in [0.4, 0.5) is 57.9 Å². The third-order valence-corrected chi connectivity index (χ3v) is 18.2. The molecule has 0 fully saturated rings. The Morgan fingerprint density at radius 2 is 1.01 bits per heavy atom. The molecule has 0 saturated heterocycles. The standard InChI is InChI=1S/C59H60N24O15S4/c1-58(2,3)49-47(72-74-51-33(30-60)31-63-80(51)41-28-38(99(85,86)87)20-22-43(41)101(91,92)93)53-67-45(76-82(53)78-49)10-8-26-97-36-16-12-34(13-17-36)65-56-69-55(62-24-25-84)70-57(71-56)66-35-14-18-37(19-15-35)98-27-9-11-46-68-54-48(50(59(4,5)6)79-83(54)77-46)73-75-52-40(61-7)32-64-81(52)42-29-39(100(88,89)90)21-23-44(42)102(94,95)96/h12-23,28-29,31-32,78-79,84H,8-11,24-27H2,1-6H3,(H,85,86,87)(H,88,89,90)(H,91,92,93)(H,94,95,96)(H3,62,65,66,69,70,71). The highest BCUT2D eigenvalue weighted by molar-refractivity contribution is 7.87. The van der Waals surface area contributed by atoms with Gasteiger partial charge in [-0.3, -0.25) is 28.4 Å². The summed E-state index contributed by atoms with van der Waals surface area (Å²) in [6.07, 6.45) is 3.73. The number of aromatic nitrogens is 15. The molecule has 0 bridgehead atoms. The summed E-state index contributed by atoms with van der Waals surface area (Å²) in [7, 11) is -19.8. The number of hydrogen-bond acceptors (Lipinski definition) is 28. The zero-order valence-corrected chi connectivity index (χ0v) is 57.6. The number of ether oxygens (including phenoxy) is 2. The number of aliphatic hydroxyl groups is 1. The van der Waals surface area contributed by atoms with Crippen LogP contribution in [0, 0.1) is 17.9 Å². The van der Waals surface area contributed by atoms with Crippen LogP contribution in [0.15, 0.2) is 137 Å². The van der Waals surface area contributed by atoms with Crippen LogP contribution in [0.1, 0.15) is 83.0 Å². The summed E-state index contributed by atoms with van der Waals surface area (Å²) in [6, 6.07) is 20.5. The molecule has 43 heteroatoms. The van der Waals surface area contributed by atoms with Crippen LogP contribution in [0.5, 0.6) is 11.5 Å². The van der Waals surface area contributed by atoms with E-state index in [9.17, 15) is 62.3 Å². The maximum atomic E-state index is 12.4. The fourth-order valence-electron chi connectivity index (χ4n) is 9.92. The van der Waals surface area contributed by atoms with Gasteiger partial charge in [-0.25, -0.2) is 24.2 Å². The first kappa shape index (κ1) is 71.7. The van der Waals surface area contributed by atoms with E-state index in [1.54, 1.807) is 48.5 Å². The molecular formula is C59H60N24O15S4. The Hall–Kier alpha value is -11.6. The van der Waals surface area contributed by atoms with E-state index >= 15 is 0 Å². The topological polar surface area (TPSA) is 536 Å². The Morgan fingerprint density at radius 1 is 0.578 bits per heavy atom. The van der Waals surface area contributed by atoms with Crippen molar-refractivity contribution >= 4 is 110 Å². The van der Waals surface area contributed by atoms with Crippen molar-refractivity contribution < 1.29 is 66.5 Å². The number of aryl methyl sites for hydroxylation is 2. The van der Waals surface area contributed by atoms with Gasteiger partial charge in [0.05, 0.1) is 71.3 Å². The van der Waals surface area contributed by atoms with Gasteiger partial charge in [-0.1, -0.05) is 41.5 Å². The Morgan fingerprint density at radius 3 is 1.42 bits per heavy atom. The maximum Gasteiger partial charge on any atom is 0.296 e. The molecule has 4 aromatic carbocycles. The van der Waals surface area contributed by atoms with Crippen molar-refractivity contribution in [1.29, 1.82) is 5.26 Å². The van der Waals surface area contributed by atoms with Crippen molar-refractivity contribution in [3.63, 3.8) is 0 Å². The van der Waals surface area contributed by atoms with Gasteiger partial charge in [-0.05, 0) is 97.8 Å². The molecule has 10 N–H and O–H groups in total. The Balaban J connectivity index is 0.697. The summed E-state index contributed by atoms with van der Waals surface area (Å²) < 4.78 is 154. The number of hydrogen-bond donors (Lipinski definition) is 10. The molecule has 7 heterocycles. The minimum atomic E-state index is -5.01. The van der Waals surface area contributed by atoms with Gasteiger partial charge in [-0.2, -0.15) is 73.3 Å². The number of nitrogens with zero attached hydrogens (tertiary/aromatic N) is 19. The lowest BCUT2D eigenvalue weighted by molar-refractivity contribution is 0.310. The highest BCUT2D eigenvalue weighted by atomic mass is 32.2. The third kappa shape index (κ3) is 16.2. The lowest BCUT2D eigenvalue weighted by Crippen LogP contribution is -2.12. The molecule has 0 atom stereocenters. The van der Waals surface area contributed by atoms with E-state index in [0.717, 1.165) is 58.2 Å². The van der Waals surface area contributed by atoms with E-state index in [-0.39, 0.29) is 89.8 Å². The van der Waals surface area contributed by atoms with Gasteiger partial charge in [-0.15, -0.1) is 30.7 Å². The monoisotopic (exact) mass is 1470 g/mol. The van der Waals surface area contributed by atoms with Crippen molar-refractivity contribution in [3.05, 3.63) is 137 Å². The fraction of sp³-hybridized carbons (Fsp3) is 0.271. The van der Waals surface area contributed by atoms with Crippen molar-refractivity contribution in [2.45, 2.75) is 97.6 Å². The summed E-state index contributed by atoms with van der Waals surface area (Å²) in [4.78, 5) is 23.2. The van der Waals surface area contributed by atoms with Crippen molar-refractivity contribution in [2.24, 2.45) is 20.5 Å². The van der Waals surface area contributed by atoms with Crippen molar-refractivity contribution in [2.75, 3.05) is 42.3 Å². The van der Waals surface area contributed by atoms with Crippen LogP contribution in [-0.2, 0) is 64.1 Å². The van der Waals surface area contributed by atoms with Gasteiger partial charge < -0.3 is 30.5 Å². The van der Waals surface area contributed by atoms with Gasteiger partial charge in [0.15, 0.2) is 34.7 Å². The van der Waals surface area contributed by atoms with E-state index in [4.69, 9.17) is 26.0 Å². The number of nitriles is 1. The number of fused-ring (bicyclic) bond motifs is 2. The van der Waals surface area contributed by atoms with Crippen LogP contribution >= 0.6 is 0 Å². The van der Waals surface area contributed by atoms with Crippen LogP contribution in [0.2, 0.25) is 0 Å². The normalized spacial score (nSPS) is 12.6. The molecule has 0 amide bonds. The van der Waals surface area contributed by atoms with E-state index < -0.39 is 82.3 Å². The second-order valence-electron chi connectivity index (χ2n) is 24.2. The zero-order valence-electron chi connectivity index (χ0n) is 54.3. The minimum Gasteiger partial charge on any atom is -0.494 e. The summed E-state index contributed by atoms with van der Waals surface area (Å²) in [5, 5.41) is 69.8. The first-order chi connectivity index (χ1) is 48.2. The van der Waals surface area contributed by atoms with Gasteiger partial charge in [0.1, 0.15) is 32.9 Å². The molecule has 0 radical (unpaired) electrons. The lowest BCUT2D eigenvalue weighted by Gasteiger charge is -2.16. The second kappa shape index (κ2) is 28.2. The highest BCUT2D eigenvalue weighted by Crippen LogP contribution is 2.40. The number of aromatic amines is 2. The minimum absolute atomic E-state index is 0.154. The molecule has 0 aliphatic rings. The van der Waals surface area contributed by atoms with Crippen molar-refractivity contribution in [3.8, 4) is 28.9 Å². The van der Waals surface area contributed by atoms with E-state index in [0.29, 0.717) is 71.6 Å². The SMILES string of the molecule is [C-]#[N+]c1cnn(-c2cc(S(=O)(=O)O)ccc2S(=O)(=O)O)c1N=Nc1c(C(C)(C)C)[nH]n2nc(CCCOc3ccc(Nc4nc(NCCO)nc(Nc5ccc(OCCCc6nc7c(N=Nc8c(C#N)cnn8-c8cc(S(=O)(=O)O)ccc8S(=O)(=O)O)c(C(C)(C)C)[nH]n7n6)cc5)n4)cc3)nc12. The summed E-state index contributed by atoms with van der Waals surface area (Å²) >= 11 is 0. The average Bonchev–Trinajstić information content (AvgIpc) is 1.56. The molecule has 39 nitrogen and oxygen atoms in total.